The molecule has 2 amide bonds. The van der Waals surface area contributed by atoms with E-state index in [1.54, 1.807) is 11.3 Å². The molecule has 2 aromatic carbocycles. The molecule has 25 heavy (non-hydrogen) atoms. The van der Waals surface area contributed by atoms with Gasteiger partial charge in [-0.05, 0) is 52.8 Å². The van der Waals surface area contributed by atoms with E-state index in [-0.39, 0.29) is 12.1 Å². The Balaban J connectivity index is 1.57. The van der Waals surface area contributed by atoms with E-state index in [9.17, 15) is 4.79 Å². The van der Waals surface area contributed by atoms with E-state index in [2.05, 4.69) is 56.6 Å². The van der Waals surface area contributed by atoms with E-state index in [0.29, 0.717) is 13.1 Å². The fourth-order valence-corrected chi connectivity index (χ4v) is 3.64. The summed E-state index contributed by atoms with van der Waals surface area (Å²) >= 11 is 1.67. The Hall–Kier alpha value is -2.37. The zero-order chi connectivity index (χ0) is 17.6. The first-order valence-corrected chi connectivity index (χ1v) is 9.26. The highest BCUT2D eigenvalue weighted by molar-refractivity contribution is 7.07. The summed E-state index contributed by atoms with van der Waals surface area (Å²) in [5.74, 6) is 0. The van der Waals surface area contributed by atoms with Crippen molar-refractivity contribution in [1.29, 1.82) is 0 Å². The lowest BCUT2D eigenvalue weighted by atomic mass is 10.0. The van der Waals surface area contributed by atoms with Crippen LogP contribution >= 0.6 is 11.3 Å². The summed E-state index contributed by atoms with van der Waals surface area (Å²) in [5, 5.41) is 12.5. The Morgan fingerprint density at radius 3 is 2.64 bits per heavy atom. The molecular formula is C20H23N3OS. The number of carbonyl (C=O) groups excluding carboxylic acids is 1. The highest BCUT2D eigenvalue weighted by Gasteiger charge is 2.15. The van der Waals surface area contributed by atoms with E-state index in [1.807, 2.05) is 32.3 Å². The number of rotatable bonds is 6. The summed E-state index contributed by atoms with van der Waals surface area (Å²) in [6, 6.07) is 16.5. The highest BCUT2D eigenvalue weighted by atomic mass is 32.1. The molecule has 0 fully saturated rings. The Bertz CT molecular complexity index is 825. The lowest BCUT2D eigenvalue weighted by Crippen LogP contribution is -2.40. The minimum absolute atomic E-state index is 0.144. The monoisotopic (exact) mass is 353 g/mol. The summed E-state index contributed by atoms with van der Waals surface area (Å²) in [7, 11) is 4.05. The first-order valence-electron chi connectivity index (χ1n) is 8.32. The summed E-state index contributed by atoms with van der Waals surface area (Å²) in [5.41, 5.74) is 2.35. The molecular weight excluding hydrogens is 330 g/mol. The number of amides is 2. The first-order chi connectivity index (χ1) is 12.1. The molecule has 0 saturated heterocycles. The number of likely N-dealkylation sites (N-methyl/N-ethyl adjacent to an activating group) is 1. The number of benzene rings is 2. The average molecular weight is 353 g/mol. The molecule has 5 heteroatoms. The Kier molecular flexibility index (Phi) is 5.68. The number of hydrogen-bond donors (Lipinski definition) is 2. The van der Waals surface area contributed by atoms with Crippen LogP contribution in [0.1, 0.15) is 17.2 Å². The van der Waals surface area contributed by atoms with Gasteiger partial charge < -0.3 is 15.5 Å². The normalized spacial score (nSPS) is 12.3. The van der Waals surface area contributed by atoms with Crippen LogP contribution < -0.4 is 10.6 Å². The lowest BCUT2D eigenvalue weighted by Gasteiger charge is -2.24. The van der Waals surface area contributed by atoms with Crippen molar-refractivity contribution >= 4 is 28.1 Å². The van der Waals surface area contributed by atoms with Crippen LogP contribution in [-0.2, 0) is 6.54 Å². The summed E-state index contributed by atoms with van der Waals surface area (Å²) in [6.07, 6.45) is 0. The van der Waals surface area contributed by atoms with Crippen molar-refractivity contribution in [2.45, 2.75) is 12.6 Å². The van der Waals surface area contributed by atoms with Crippen LogP contribution in [0.5, 0.6) is 0 Å². The van der Waals surface area contributed by atoms with Crippen LogP contribution in [-0.4, -0.2) is 31.6 Å². The van der Waals surface area contributed by atoms with Crippen LogP contribution in [0.25, 0.3) is 10.8 Å². The maximum Gasteiger partial charge on any atom is 0.315 e. The SMILES string of the molecule is CN(C)[C@H](CNC(=O)NCc1cccc2ccccc12)c1ccsc1. The van der Waals surface area contributed by atoms with Crippen LogP contribution in [0.3, 0.4) is 0 Å². The van der Waals surface area contributed by atoms with Gasteiger partial charge in [-0.1, -0.05) is 42.5 Å². The number of carbonyl (C=O) groups is 1. The standard InChI is InChI=1S/C20H23N3OS/c1-23(2)19(17-10-11-25-14-17)13-22-20(24)21-12-16-8-5-7-15-6-3-4-9-18(15)16/h3-11,14,19H,12-13H2,1-2H3,(H2,21,22,24)/t19-/m1/s1. The van der Waals surface area contributed by atoms with E-state index < -0.39 is 0 Å². The molecule has 1 aromatic heterocycles. The predicted molar refractivity (Wildman–Crippen MR) is 105 cm³/mol. The molecule has 0 unspecified atom stereocenters. The van der Waals surface area contributed by atoms with Crippen molar-refractivity contribution in [2.24, 2.45) is 0 Å². The van der Waals surface area contributed by atoms with Gasteiger partial charge in [0, 0.05) is 13.1 Å². The second-order valence-electron chi connectivity index (χ2n) is 6.24. The van der Waals surface area contributed by atoms with Crippen molar-refractivity contribution < 1.29 is 4.79 Å². The van der Waals surface area contributed by atoms with Gasteiger partial charge in [0.2, 0.25) is 0 Å². The maximum absolute atomic E-state index is 12.2. The number of nitrogens with zero attached hydrogens (tertiary/aromatic N) is 1. The molecule has 2 N–H and O–H groups in total. The summed E-state index contributed by atoms with van der Waals surface area (Å²) in [4.78, 5) is 14.3. The van der Waals surface area contributed by atoms with Gasteiger partial charge in [-0.15, -0.1) is 0 Å². The first kappa shape index (κ1) is 17.5. The van der Waals surface area contributed by atoms with Crippen LogP contribution in [0.15, 0.2) is 59.3 Å². The van der Waals surface area contributed by atoms with Crippen LogP contribution in [0.2, 0.25) is 0 Å². The predicted octanol–water partition coefficient (Wildman–Crippen LogP) is 4.00. The van der Waals surface area contributed by atoms with Crippen molar-refractivity contribution in [3.8, 4) is 0 Å². The topological polar surface area (TPSA) is 44.4 Å². The third-order valence-electron chi connectivity index (χ3n) is 4.33. The fraction of sp³-hybridized carbons (Fsp3) is 0.250. The zero-order valence-electron chi connectivity index (χ0n) is 14.5. The second-order valence-corrected chi connectivity index (χ2v) is 7.02. The van der Waals surface area contributed by atoms with E-state index in [1.165, 1.54) is 16.3 Å². The van der Waals surface area contributed by atoms with Crippen molar-refractivity contribution in [3.63, 3.8) is 0 Å². The minimum atomic E-state index is -0.144. The van der Waals surface area contributed by atoms with Crippen molar-refractivity contribution in [1.82, 2.24) is 15.5 Å². The highest BCUT2D eigenvalue weighted by Crippen LogP contribution is 2.20. The van der Waals surface area contributed by atoms with E-state index in [0.717, 1.165) is 5.56 Å². The molecule has 1 atom stereocenters. The van der Waals surface area contributed by atoms with Crippen molar-refractivity contribution in [3.05, 3.63) is 70.4 Å². The quantitative estimate of drug-likeness (QED) is 0.703. The Morgan fingerprint density at radius 2 is 1.88 bits per heavy atom. The molecule has 1 heterocycles. The van der Waals surface area contributed by atoms with Crippen LogP contribution in [0, 0.1) is 0 Å². The fourth-order valence-electron chi connectivity index (χ4n) is 2.94. The van der Waals surface area contributed by atoms with Gasteiger partial charge in [-0.3, -0.25) is 0 Å². The zero-order valence-corrected chi connectivity index (χ0v) is 15.3. The average Bonchev–Trinajstić information content (AvgIpc) is 3.14. The van der Waals surface area contributed by atoms with Gasteiger partial charge in [0.1, 0.15) is 0 Å². The second kappa shape index (κ2) is 8.14. The smallest absolute Gasteiger partial charge is 0.315 e. The van der Waals surface area contributed by atoms with Crippen molar-refractivity contribution in [2.75, 3.05) is 20.6 Å². The largest absolute Gasteiger partial charge is 0.336 e. The molecule has 3 rings (SSSR count). The van der Waals surface area contributed by atoms with Gasteiger partial charge in [0.25, 0.3) is 0 Å². The third-order valence-corrected chi connectivity index (χ3v) is 5.03. The number of urea groups is 1. The minimum Gasteiger partial charge on any atom is -0.336 e. The molecule has 0 bridgehead atoms. The number of thiophene rings is 1. The van der Waals surface area contributed by atoms with Crippen LogP contribution in [0.4, 0.5) is 4.79 Å². The van der Waals surface area contributed by atoms with Gasteiger partial charge in [-0.25, -0.2) is 4.79 Å². The van der Waals surface area contributed by atoms with E-state index >= 15 is 0 Å². The van der Waals surface area contributed by atoms with Gasteiger partial charge in [0.05, 0.1) is 6.04 Å². The number of fused-ring (bicyclic) bond motifs is 1. The summed E-state index contributed by atoms with van der Waals surface area (Å²) < 4.78 is 0. The molecule has 0 aliphatic heterocycles. The van der Waals surface area contributed by atoms with Gasteiger partial charge >= 0.3 is 6.03 Å². The molecule has 130 valence electrons. The molecule has 0 spiro atoms. The maximum atomic E-state index is 12.2. The molecule has 3 aromatic rings. The number of nitrogens with one attached hydrogen (secondary N) is 2. The third kappa shape index (κ3) is 4.38. The molecule has 0 radical (unpaired) electrons. The van der Waals surface area contributed by atoms with Gasteiger partial charge in [0.15, 0.2) is 0 Å². The Morgan fingerprint density at radius 1 is 1.08 bits per heavy atom. The van der Waals surface area contributed by atoms with E-state index in [4.69, 9.17) is 0 Å². The Labute approximate surface area is 152 Å². The molecule has 0 aliphatic carbocycles. The number of hydrogen-bond acceptors (Lipinski definition) is 3. The lowest BCUT2D eigenvalue weighted by molar-refractivity contribution is 0.232. The summed E-state index contributed by atoms with van der Waals surface area (Å²) in [6.45, 7) is 1.09. The molecule has 0 aliphatic rings. The molecule has 4 nitrogen and oxygen atoms in total. The molecule has 0 saturated carbocycles. The van der Waals surface area contributed by atoms with Gasteiger partial charge in [-0.2, -0.15) is 11.3 Å².